The number of nitrogens with two attached hydrogens (primary N) is 1. The summed E-state index contributed by atoms with van der Waals surface area (Å²) in [4.78, 5) is 13.0. The van der Waals surface area contributed by atoms with Crippen molar-refractivity contribution in [2.24, 2.45) is 29.4 Å². The van der Waals surface area contributed by atoms with Crippen LogP contribution in [0.15, 0.2) is 18.2 Å². The normalized spacial score (nSPS) is 18.0. The number of nitrogens with one attached hydrogen (secondary N) is 1. The molecule has 1 amide bonds. The van der Waals surface area contributed by atoms with Crippen LogP contribution in [0.25, 0.3) is 0 Å². The largest absolute Gasteiger partial charge is 0.492 e. The molecule has 1 saturated heterocycles. The molecule has 0 radical (unpaired) electrons. The fraction of sp³-hybridized carbons (Fsp3) is 0.759. The minimum atomic E-state index is -0.751. The molecule has 37 heavy (non-hydrogen) atoms. The van der Waals surface area contributed by atoms with Crippen LogP contribution in [-0.2, 0) is 20.7 Å². The summed E-state index contributed by atoms with van der Waals surface area (Å²) in [5, 5.41) is 14.8. The van der Waals surface area contributed by atoms with E-state index in [1.807, 2.05) is 32.0 Å². The molecule has 1 fully saturated rings. The van der Waals surface area contributed by atoms with Gasteiger partial charge in [0.15, 0.2) is 0 Å². The molecular formula is C29H49ClN2O5. The highest BCUT2D eigenvalue weighted by atomic mass is 35.5. The molecule has 0 aliphatic carbocycles. The smallest absolute Gasteiger partial charge is 0.223 e. The van der Waals surface area contributed by atoms with Crippen LogP contribution in [0.5, 0.6) is 5.75 Å². The number of carbonyl (C=O) groups excluding carboxylic acids is 1. The molecule has 1 unspecified atom stereocenters. The number of hydrogen-bond donors (Lipinski definition) is 3. The maximum absolute atomic E-state index is 13.0. The fourth-order valence-corrected chi connectivity index (χ4v) is 5.01. The van der Waals surface area contributed by atoms with Gasteiger partial charge >= 0.3 is 0 Å². The van der Waals surface area contributed by atoms with Crippen molar-refractivity contribution in [2.75, 3.05) is 33.5 Å². The molecule has 1 aliphatic rings. The maximum Gasteiger partial charge on any atom is 0.223 e. The lowest BCUT2D eigenvalue weighted by molar-refractivity contribution is -0.129. The van der Waals surface area contributed by atoms with Gasteiger partial charge in [0.1, 0.15) is 5.75 Å². The van der Waals surface area contributed by atoms with Crippen LogP contribution in [-0.4, -0.2) is 62.7 Å². The monoisotopic (exact) mass is 540 g/mol. The van der Waals surface area contributed by atoms with Crippen molar-refractivity contribution in [2.45, 2.75) is 84.4 Å². The third-order valence-electron chi connectivity index (χ3n) is 7.46. The van der Waals surface area contributed by atoms with E-state index in [1.54, 1.807) is 7.11 Å². The first-order valence-electron chi connectivity index (χ1n) is 13.8. The Hall–Kier alpha value is -1.38. The number of amides is 1. The second-order valence-electron chi connectivity index (χ2n) is 11.1. The summed E-state index contributed by atoms with van der Waals surface area (Å²) in [5.74, 6) is 1.15. The van der Waals surface area contributed by atoms with E-state index in [2.05, 4.69) is 19.2 Å². The Bertz CT molecular complexity index is 801. The van der Waals surface area contributed by atoms with E-state index in [4.69, 9.17) is 31.5 Å². The van der Waals surface area contributed by atoms with Crippen LogP contribution in [0.4, 0.5) is 0 Å². The Labute approximate surface area is 228 Å². The fourth-order valence-electron chi connectivity index (χ4n) is 4.84. The summed E-state index contributed by atoms with van der Waals surface area (Å²) in [6.07, 6.45) is 3.54. The number of methoxy groups -OCH3 is 1. The summed E-state index contributed by atoms with van der Waals surface area (Å²) in [6.45, 7) is 11.0. The van der Waals surface area contributed by atoms with Crippen molar-refractivity contribution < 1.29 is 24.1 Å². The Balaban J connectivity index is 1.97. The van der Waals surface area contributed by atoms with Crippen molar-refractivity contribution in [3.8, 4) is 5.75 Å². The molecule has 7 nitrogen and oxygen atoms in total. The number of benzene rings is 1. The third-order valence-corrected chi connectivity index (χ3v) is 7.77. The van der Waals surface area contributed by atoms with Crippen LogP contribution in [0.1, 0.15) is 65.4 Å². The van der Waals surface area contributed by atoms with E-state index in [-0.39, 0.29) is 29.7 Å². The van der Waals surface area contributed by atoms with E-state index < -0.39 is 12.1 Å². The summed E-state index contributed by atoms with van der Waals surface area (Å²) in [6, 6.07) is 5.63. The number of rotatable bonds is 16. The summed E-state index contributed by atoms with van der Waals surface area (Å²) in [5.41, 5.74) is 7.66. The Morgan fingerprint density at radius 2 is 1.86 bits per heavy atom. The van der Waals surface area contributed by atoms with Gasteiger partial charge in [-0.1, -0.05) is 45.4 Å². The van der Waals surface area contributed by atoms with Crippen LogP contribution in [0, 0.1) is 23.7 Å². The van der Waals surface area contributed by atoms with Gasteiger partial charge in [-0.15, -0.1) is 0 Å². The highest BCUT2D eigenvalue weighted by Gasteiger charge is 2.31. The first-order chi connectivity index (χ1) is 17.6. The molecule has 1 aromatic carbocycles. The molecule has 0 spiro atoms. The molecule has 8 heteroatoms. The summed E-state index contributed by atoms with van der Waals surface area (Å²) >= 11 is 6.35. The van der Waals surface area contributed by atoms with Gasteiger partial charge in [-0.25, -0.2) is 0 Å². The molecular weight excluding hydrogens is 492 g/mol. The predicted octanol–water partition coefficient (Wildman–Crippen LogP) is 4.61. The van der Waals surface area contributed by atoms with E-state index in [0.29, 0.717) is 56.0 Å². The minimum Gasteiger partial charge on any atom is -0.492 e. The van der Waals surface area contributed by atoms with Gasteiger partial charge in [-0.3, -0.25) is 4.79 Å². The zero-order chi connectivity index (χ0) is 27.4. The topological polar surface area (TPSA) is 103 Å². The van der Waals surface area contributed by atoms with Gasteiger partial charge in [0.25, 0.3) is 0 Å². The summed E-state index contributed by atoms with van der Waals surface area (Å²) < 4.78 is 16.3. The molecule has 4 N–H and O–H groups in total. The minimum absolute atomic E-state index is 0.00718. The van der Waals surface area contributed by atoms with Crippen molar-refractivity contribution in [1.29, 1.82) is 0 Å². The molecule has 1 aliphatic heterocycles. The van der Waals surface area contributed by atoms with Gasteiger partial charge in [-0.05, 0) is 67.6 Å². The number of aliphatic hydroxyl groups is 1. The molecule has 212 valence electrons. The van der Waals surface area contributed by atoms with E-state index in [0.717, 1.165) is 31.2 Å². The van der Waals surface area contributed by atoms with Crippen LogP contribution in [0.3, 0.4) is 0 Å². The average Bonchev–Trinajstić information content (AvgIpc) is 2.86. The van der Waals surface area contributed by atoms with Gasteiger partial charge in [-0.2, -0.15) is 0 Å². The molecule has 1 aromatic rings. The van der Waals surface area contributed by atoms with Gasteiger partial charge < -0.3 is 30.4 Å². The number of halogens is 1. The molecule has 4 atom stereocenters. The quantitative estimate of drug-likeness (QED) is 0.265. The second kappa shape index (κ2) is 16.6. The number of ether oxygens (including phenoxy) is 3. The lowest BCUT2D eigenvalue weighted by atomic mass is 9.80. The van der Waals surface area contributed by atoms with Crippen molar-refractivity contribution in [1.82, 2.24) is 5.32 Å². The molecule has 2 rings (SSSR count). The van der Waals surface area contributed by atoms with Gasteiger partial charge in [0.05, 0.1) is 17.7 Å². The average molecular weight is 541 g/mol. The Morgan fingerprint density at radius 3 is 2.49 bits per heavy atom. The highest BCUT2D eigenvalue weighted by molar-refractivity contribution is 6.32. The van der Waals surface area contributed by atoms with E-state index in [1.165, 1.54) is 0 Å². The second-order valence-corrected chi connectivity index (χ2v) is 11.5. The zero-order valence-electron chi connectivity index (χ0n) is 23.4. The van der Waals surface area contributed by atoms with Crippen LogP contribution < -0.4 is 15.8 Å². The lowest BCUT2D eigenvalue weighted by Gasteiger charge is -2.31. The van der Waals surface area contributed by atoms with Crippen molar-refractivity contribution in [3.05, 3.63) is 28.8 Å². The maximum atomic E-state index is 13.0. The van der Waals surface area contributed by atoms with Crippen LogP contribution >= 0.6 is 11.6 Å². The lowest BCUT2D eigenvalue weighted by Crippen LogP contribution is -2.46. The summed E-state index contributed by atoms with van der Waals surface area (Å²) in [7, 11) is 1.67. The van der Waals surface area contributed by atoms with Gasteiger partial charge in [0.2, 0.25) is 5.91 Å². The Kier molecular flexibility index (Phi) is 14.2. The third kappa shape index (κ3) is 11.1. The standard InChI is InChI=1S/C29H49ClN2O5/c1-19(2)22(15-21-7-8-25(30)28(16-21)37-12-6-11-35-5)17-26(31)27(33)18-24(20(3)4)29(34)32-23-9-13-36-14-10-23/h7-8,16,19-20,22-24,26-27,33H,6,9-15,17-18,31H2,1-5H3,(H,32,34)/t22-,24?,26-,27-/m0/s1. The zero-order valence-corrected chi connectivity index (χ0v) is 24.1. The van der Waals surface area contributed by atoms with Crippen LogP contribution in [0.2, 0.25) is 5.02 Å². The number of hydrogen-bond acceptors (Lipinski definition) is 6. The van der Waals surface area contributed by atoms with Gasteiger partial charge in [0, 0.05) is 51.4 Å². The van der Waals surface area contributed by atoms with E-state index >= 15 is 0 Å². The molecule has 1 heterocycles. The first-order valence-corrected chi connectivity index (χ1v) is 14.2. The molecule has 0 aromatic heterocycles. The van der Waals surface area contributed by atoms with Crippen molar-refractivity contribution >= 4 is 17.5 Å². The SMILES string of the molecule is COCCCOc1cc(C[C@@H](C[C@H](N)[C@@H](O)CC(C(=O)NC2CCOCC2)C(C)C)C(C)C)ccc1Cl. The van der Waals surface area contributed by atoms with Crippen molar-refractivity contribution in [3.63, 3.8) is 0 Å². The highest BCUT2D eigenvalue weighted by Crippen LogP contribution is 2.30. The number of carbonyl (C=O) groups is 1. The predicted molar refractivity (Wildman–Crippen MR) is 149 cm³/mol. The molecule has 0 saturated carbocycles. The first kappa shape index (κ1) is 31.8. The number of aliphatic hydroxyl groups excluding tert-OH is 1. The van der Waals surface area contributed by atoms with E-state index in [9.17, 15) is 9.90 Å². The molecule has 0 bridgehead atoms. The Morgan fingerprint density at radius 1 is 1.16 bits per heavy atom.